The average Bonchev–Trinajstić information content (AvgIpc) is 3.21. The van der Waals surface area contributed by atoms with E-state index >= 15 is 0 Å². The van der Waals surface area contributed by atoms with Crippen LogP contribution in [0.1, 0.15) is 25.3 Å². The van der Waals surface area contributed by atoms with Crippen LogP contribution in [-0.4, -0.2) is 30.1 Å². The quantitative estimate of drug-likeness (QED) is 0.735. The molecule has 1 aliphatic rings. The van der Waals surface area contributed by atoms with E-state index in [9.17, 15) is 4.79 Å². The summed E-state index contributed by atoms with van der Waals surface area (Å²) >= 11 is 0. The number of nitriles is 1. The first kappa shape index (κ1) is 12.4. The molecule has 1 aromatic heterocycles. The van der Waals surface area contributed by atoms with Crippen LogP contribution in [0, 0.1) is 11.3 Å². The molecule has 2 rings (SSSR count). The van der Waals surface area contributed by atoms with Gasteiger partial charge in [-0.15, -0.1) is 0 Å². The van der Waals surface area contributed by atoms with E-state index in [1.165, 1.54) is 6.20 Å². The molecule has 0 amide bonds. The molecular weight excluding hydrogens is 230 g/mol. The molecule has 94 valence electrons. The van der Waals surface area contributed by atoms with E-state index in [-0.39, 0.29) is 12.5 Å². The number of hydrogen-bond donors (Lipinski definition) is 0. The molecule has 0 unspecified atom stereocenters. The van der Waals surface area contributed by atoms with Gasteiger partial charge in [0.05, 0.1) is 12.2 Å². The number of anilines is 1. The van der Waals surface area contributed by atoms with Crippen LogP contribution in [-0.2, 0) is 9.53 Å². The fourth-order valence-electron chi connectivity index (χ4n) is 1.75. The molecule has 1 aliphatic carbocycles. The molecule has 0 bridgehead atoms. The Labute approximate surface area is 106 Å². The van der Waals surface area contributed by atoms with E-state index in [0.29, 0.717) is 18.2 Å². The highest BCUT2D eigenvalue weighted by Gasteiger charge is 2.31. The molecule has 5 heteroatoms. The van der Waals surface area contributed by atoms with Crippen LogP contribution in [0.5, 0.6) is 0 Å². The second-order valence-corrected chi connectivity index (χ2v) is 4.18. The SMILES string of the molecule is CCOC(=O)CN(c1ccc(C#N)cn1)C1CC1. The lowest BCUT2D eigenvalue weighted by Gasteiger charge is -2.22. The molecule has 1 saturated carbocycles. The summed E-state index contributed by atoms with van der Waals surface area (Å²) in [5.74, 6) is 0.486. The maximum atomic E-state index is 11.5. The van der Waals surface area contributed by atoms with Crippen LogP contribution >= 0.6 is 0 Å². The average molecular weight is 245 g/mol. The zero-order chi connectivity index (χ0) is 13.0. The Morgan fingerprint density at radius 1 is 1.61 bits per heavy atom. The topological polar surface area (TPSA) is 66.2 Å². The highest BCUT2D eigenvalue weighted by atomic mass is 16.5. The number of carbonyl (C=O) groups excluding carboxylic acids is 1. The minimum Gasteiger partial charge on any atom is -0.465 e. The monoisotopic (exact) mass is 245 g/mol. The number of pyridine rings is 1. The molecule has 0 aromatic carbocycles. The Hall–Kier alpha value is -2.09. The van der Waals surface area contributed by atoms with Gasteiger partial charge in [0, 0.05) is 12.2 Å². The van der Waals surface area contributed by atoms with Crippen molar-refractivity contribution >= 4 is 11.8 Å². The normalized spacial score (nSPS) is 13.8. The fourth-order valence-corrected chi connectivity index (χ4v) is 1.75. The number of aromatic nitrogens is 1. The van der Waals surface area contributed by atoms with E-state index in [1.807, 2.05) is 11.0 Å². The van der Waals surface area contributed by atoms with Crippen molar-refractivity contribution in [2.24, 2.45) is 0 Å². The summed E-state index contributed by atoms with van der Waals surface area (Å²) in [6.45, 7) is 2.40. The Kier molecular flexibility index (Phi) is 3.78. The zero-order valence-corrected chi connectivity index (χ0v) is 10.3. The fraction of sp³-hybridized carbons (Fsp3) is 0.462. The maximum absolute atomic E-state index is 11.5. The Bertz CT molecular complexity index is 460. The van der Waals surface area contributed by atoms with Gasteiger partial charge in [-0.3, -0.25) is 4.79 Å². The van der Waals surface area contributed by atoms with Gasteiger partial charge in [-0.2, -0.15) is 5.26 Å². The van der Waals surface area contributed by atoms with Gasteiger partial charge in [0.2, 0.25) is 0 Å². The molecule has 0 saturated heterocycles. The van der Waals surface area contributed by atoms with Crippen LogP contribution in [0.15, 0.2) is 18.3 Å². The standard InChI is InChI=1S/C13H15N3O2/c1-2-18-13(17)9-16(11-4-5-11)12-6-3-10(7-14)8-15-12/h3,6,8,11H,2,4-5,9H2,1H3. The lowest BCUT2D eigenvalue weighted by molar-refractivity contribution is -0.141. The van der Waals surface area contributed by atoms with Gasteiger partial charge in [0.15, 0.2) is 0 Å². The van der Waals surface area contributed by atoms with Crippen molar-refractivity contribution in [3.63, 3.8) is 0 Å². The van der Waals surface area contributed by atoms with E-state index < -0.39 is 0 Å². The van der Waals surface area contributed by atoms with Gasteiger partial charge in [-0.1, -0.05) is 0 Å². The molecule has 0 radical (unpaired) electrons. The van der Waals surface area contributed by atoms with Crippen LogP contribution in [0.3, 0.4) is 0 Å². The molecule has 1 aromatic rings. The van der Waals surface area contributed by atoms with Crippen molar-refractivity contribution in [1.29, 1.82) is 5.26 Å². The van der Waals surface area contributed by atoms with Crippen LogP contribution in [0.2, 0.25) is 0 Å². The molecule has 1 heterocycles. The van der Waals surface area contributed by atoms with E-state index in [2.05, 4.69) is 4.98 Å². The zero-order valence-electron chi connectivity index (χ0n) is 10.3. The third kappa shape index (κ3) is 2.98. The second-order valence-electron chi connectivity index (χ2n) is 4.18. The van der Waals surface area contributed by atoms with Crippen molar-refractivity contribution in [1.82, 2.24) is 4.98 Å². The molecule has 1 fully saturated rings. The van der Waals surface area contributed by atoms with Crippen molar-refractivity contribution in [2.45, 2.75) is 25.8 Å². The first-order valence-corrected chi connectivity index (χ1v) is 6.03. The number of ether oxygens (including phenoxy) is 1. The Morgan fingerprint density at radius 3 is 2.89 bits per heavy atom. The van der Waals surface area contributed by atoms with E-state index in [4.69, 9.17) is 10.00 Å². The van der Waals surface area contributed by atoms with Gasteiger partial charge in [-0.25, -0.2) is 4.98 Å². The predicted octanol–water partition coefficient (Wildman–Crippen LogP) is 1.49. The molecular formula is C13H15N3O2. The summed E-state index contributed by atoms with van der Waals surface area (Å²) in [5.41, 5.74) is 0.519. The summed E-state index contributed by atoms with van der Waals surface area (Å²) < 4.78 is 4.96. The van der Waals surface area contributed by atoms with Gasteiger partial charge >= 0.3 is 5.97 Å². The van der Waals surface area contributed by atoms with Crippen molar-refractivity contribution in [2.75, 3.05) is 18.1 Å². The third-order valence-electron chi connectivity index (χ3n) is 2.76. The number of nitrogens with zero attached hydrogens (tertiary/aromatic N) is 3. The largest absolute Gasteiger partial charge is 0.465 e. The van der Waals surface area contributed by atoms with Crippen LogP contribution in [0.25, 0.3) is 0 Å². The van der Waals surface area contributed by atoms with Gasteiger partial charge in [0.25, 0.3) is 0 Å². The van der Waals surface area contributed by atoms with Crippen LogP contribution < -0.4 is 4.90 Å². The lowest BCUT2D eigenvalue weighted by Crippen LogP contribution is -2.33. The highest BCUT2D eigenvalue weighted by molar-refractivity contribution is 5.75. The Morgan fingerprint density at radius 2 is 2.39 bits per heavy atom. The molecule has 0 atom stereocenters. The van der Waals surface area contributed by atoms with Gasteiger partial charge in [-0.05, 0) is 31.9 Å². The maximum Gasteiger partial charge on any atom is 0.325 e. The summed E-state index contributed by atoms with van der Waals surface area (Å²) in [7, 11) is 0. The smallest absolute Gasteiger partial charge is 0.325 e. The summed E-state index contributed by atoms with van der Waals surface area (Å²) in [5, 5.41) is 8.73. The van der Waals surface area contributed by atoms with Crippen molar-refractivity contribution < 1.29 is 9.53 Å². The molecule has 5 nitrogen and oxygen atoms in total. The first-order chi connectivity index (χ1) is 8.74. The summed E-state index contributed by atoms with van der Waals surface area (Å²) in [6.07, 6.45) is 3.66. The minimum atomic E-state index is -0.240. The molecule has 0 spiro atoms. The van der Waals surface area contributed by atoms with Gasteiger partial charge in [0.1, 0.15) is 18.4 Å². The summed E-state index contributed by atoms with van der Waals surface area (Å²) in [4.78, 5) is 17.7. The van der Waals surface area contributed by atoms with Crippen LogP contribution in [0.4, 0.5) is 5.82 Å². The number of hydrogen-bond acceptors (Lipinski definition) is 5. The lowest BCUT2D eigenvalue weighted by atomic mass is 10.3. The van der Waals surface area contributed by atoms with Crippen molar-refractivity contribution in [3.05, 3.63) is 23.9 Å². The molecule has 0 N–H and O–H groups in total. The molecule has 0 aliphatic heterocycles. The van der Waals surface area contributed by atoms with Crippen molar-refractivity contribution in [3.8, 4) is 6.07 Å². The van der Waals surface area contributed by atoms with Gasteiger partial charge < -0.3 is 9.64 Å². The van der Waals surface area contributed by atoms with E-state index in [1.54, 1.807) is 19.1 Å². The van der Waals surface area contributed by atoms with E-state index in [0.717, 1.165) is 18.7 Å². The number of esters is 1. The number of rotatable bonds is 5. The highest BCUT2D eigenvalue weighted by Crippen LogP contribution is 2.30. The second kappa shape index (κ2) is 5.50. The number of carbonyl (C=O) groups is 1. The first-order valence-electron chi connectivity index (χ1n) is 6.03. The predicted molar refractivity (Wildman–Crippen MR) is 66.0 cm³/mol. The summed E-state index contributed by atoms with van der Waals surface area (Å²) in [6, 6.07) is 5.88. The third-order valence-corrected chi connectivity index (χ3v) is 2.76. The molecule has 18 heavy (non-hydrogen) atoms. The minimum absolute atomic E-state index is 0.220. The Balaban J connectivity index is 2.09.